The molecule has 0 spiro atoms. The first kappa shape index (κ1) is 19.6. The number of nitrogens with zero attached hydrogens (tertiary/aromatic N) is 4. The summed E-state index contributed by atoms with van der Waals surface area (Å²) in [5.74, 6) is -0.570. The Morgan fingerprint density at radius 2 is 1.86 bits per heavy atom. The molecule has 1 heterocycles. The van der Waals surface area contributed by atoms with Crippen LogP contribution in [0.5, 0.6) is 0 Å². The second-order valence-corrected chi connectivity index (χ2v) is 7.77. The van der Waals surface area contributed by atoms with Crippen LogP contribution in [-0.2, 0) is 16.9 Å². The summed E-state index contributed by atoms with van der Waals surface area (Å²) in [5, 5.41) is 30.5. The summed E-state index contributed by atoms with van der Waals surface area (Å²) in [6.07, 6.45) is 0. The van der Waals surface area contributed by atoms with E-state index < -0.39 is 22.0 Å². The van der Waals surface area contributed by atoms with E-state index in [1.165, 1.54) is 23.1 Å². The number of hydrogen-bond acceptors (Lipinski definition) is 6. The largest absolute Gasteiger partial charge is 0.374 e. The predicted molar refractivity (Wildman–Crippen MR) is 104 cm³/mol. The maximum Gasteiger partial charge on any atom is 0.269 e. The lowest BCUT2D eigenvalue weighted by molar-refractivity contribution is -0.385. The Kier molecular flexibility index (Phi) is 4.99. The number of rotatable bonds is 5. The monoisotopic (exact) mass is 382 g/mol. The van der Waals surface area contributed by atoms with Gasteiger partial charge in [0.25, 0.3) is 11.6 Å². The Labute approximate surface area is 162 Å². The minimum Gasteiger partial charge on any atom is -0.374 e. The molecule has 0 aliphatic carbocycles. The Balaban J connectivity index is 2.03. The maximum absolute atomic E-state index is 13.1. The van der Waals surface area contributed by atoms with Crippen LogP contribution in [-0.4, -0.2) is 28.0 Å². The molecule has 2 aromatic rings. The van der Waals surface area contributed by atoms with Gasteiger partial charge in [0.05, 0.1) is 22.7 Å². The number of nitro benzene ring substituents is 1. The van der Waals surface area contributed by atoms with E-state index in [4.69, 9.17) is 0 Å². The van der Waals surface area contributed by atoms with Gasteiger partial charge in [0.2, 0.25) is 0 Å². The van der Waals surface area contributed by atoms with Gasteiger partial charge < -0.3 is 10.0 Å². The molecule has 0 radical (unpaired) electrons. The number of carbonyl (C=O) groups is 1. The Morgan fingerprint density at radius 3 is 2.46 bits per heavy atom. The van der Waals surface area contributed by atoms with Crippen molar-refractivity contribution in [2.75, 3.05) is 11.4 Å². The van der Waals surface area contributed by atoms with Crippen LogP contribution < -0.4 is 4.90 Å². The van der Waals surface area contributed by atoms with Gasteiger partial charge in [-0.25, -0.2) is 0 Å². The van der Waals surface area contributed by atoms with E-state index in [0.717, 1.165) is 5.56 Å². The van der Waals surface area contributed by atoms with Crippen LogP contribution in [0, 0.1) is 10.1 Å². The summed E-state index contributed by atoms with van der Waals surface area (Å²) in [4.78, 5) is 25.2. The molecule has 1 unspecified atom stereocenters. The third-order valence-corrected chi connectivity index (χ3v) is 4.38. The zero-order valence-electron chi connectivity index (χ0n) is 16.0. The molecule has 0 saturated heterocycles. The van der Waals surface area contributed by atoms with Gasteiger partial charge in [0, 0.05) is 17.7 Å². The van der Waals surface area contributed by atoms with Gasteiger partial charge in [-0.1, -0.05) is 30.3 Å². The first-order valence-corrected chi connectivity index (χ1v) is 8.88. The minimum absolute atomic E-state index is 0.176. The number of carbonyl (C=O) groups excluding carboxylic acids is 1. The highest BCUT2D eigenvalue weighted by Gasteiger charge is 2.50. The van der Waals surface area contributed by atoms with Crippen molar-refractivity contribution < 1.29 is 14.8 Å². The Bertz CT molecular complexity index is 937. The Morgan fingerprint density at radius 1 is 1.18 bits per heavy atom. The van der Waals surface area contributed by atoms with Crippen molar-refractivity contribution >= 4 is 17.3 Å². The topological polar surface area (TPSA) is 108 Å². The van der Waals surface area contributed by atoms with E-state index in [2.05, 4.69) is 10.2 Å². The van der Waals surface area contributed by atoms with E-state index in [1.807, 2.05) is 51.1 Å². The van der Waals surface area contributed by atoms with Crippen LogP contribution in [0.3, 0.4) is 0 Å². The lowest BCUT2D eigenvalue weighted by atomic mass is 9.95. The lowest BCUT2D eigenvalue weighted by Crippen LogP contribution is -2.42. The van der Waals surface area contributed by atoms with Crippen molar-refractivity contribution in [1.82, 2.24) is 0 Å². The average Bonchev–Trinajstić information content (AvgIpc) is 2.83. The average molecular weight is 382 g/mol. The molecule has 0 bridgehead atoms. The Hall–Kier alpha value is -3.13. The maximum atomic E-state index is 13.1. The van der Waals surface area contributed by atoms with Crippen molar-refractivity contribution in [2.45, 2.75) is 38.5 Å². The lowest BCUT2D eigenvalue weighted by Gasteiger charge is -2.22. The van der Waals surface area contributed by atoms with Crippen molar-refractivity contribution in [2.24, 2.45) is 10.2 Å². The summed E-state index contributed by atoms with van der Waals surface area (Å²) in [6, 6.07) is 13.4. The first-order valence-electron chi connectivity index (χ1n) is 8.88. The molecule has 2 aromatic carbocycles. The van der Waals surface area contributed by atoms with E-state index >= 15 is 0 Å². The molecule has 146 valence electrons. The highest BCUT2D eigenvalue weighted by atomic mass is 16.6. The SMILES string of the molecule is CC(C)(C)N=NCC1(O)C(=O)N(Cc2ccccc2)c2ccc([N+](=O)[O-])cc21. The quantitative estimate of drug-likeness (QED) is 0.484. The third kappa shape index (κ3) is 3.77. The third-order valence-electron chi connectivity index (χ3n) is 4.38. The smallest absolute Gasteiger partial charge is 0.269 e. The number of fused-ring (bicyclic) bond motifs is 1. The minimum atomic E-state index is -2.00. The molecular formula is C20H22N4O4. The highest BCUT2D eigenvalue weighted by Crippen LogP contribution is 2.43. The van der Waals surface area contributed by atoms with Gasteiger partial charge in [0.1, 0.15) is 6.54 Å². The molecule has 1 amide bonds. The number of benzene rings is 2. The van der Waals surface area contributed by atoms with Gasteiger partial charge >= 0.3 is 0 Å². The number of hydrogen-bond donors (Lipinski definition) is 1. The predicted octanol–water partition coefficient (Wildman–Crippen LogP) is 3.58. The van der Waals surface area contributed by atoms with Gasteiger partial charge in [-0.15, -0.1) is 0 Å². The van der Waals surface area contributed by atoms with Crippen LogP contribution in [0.15, 0.2) is 58.8 Å². The highest BCUT2D eigenvalue weighted by molar-refractivity contribution is 6.07. The number of nitro groups is 1. The molecule has 8 heteroatoms. The molecule has 0 fully saturated rings. The second-order valence-electron chi connectivity index (χ2n) is 7.77. The van der Waals surface area contributed by atoms with E-state index in [9.17, 15) is 20.0 Å². The summed E-state index contributed by atoms with van der Waals surface area (Å²) in [7, 11) is 0. The van der Waals surface area contributed by atoms with Crippen molar-refractivity contribution in [3.8, 4) is 0 Å². The van der Waals surface area contributed by atoms with Crippen LogP contribution in [0.2, 0.25) is 0 Å². The first-order chi connectivity index (χ1) is 13.1. The number of azo groups is 1. The summed E-state index contributed by atoms with van der Waals surface area (Å²) < 4.78 is 0. The van der Waals surface area contributed by atoms with Crippen molar-refractivity contribution in [1.29, 1.82) is 0 Å². The summed E-state index contributed by atoms with van der Waals surface area (Å²) in [5.41, 5.74) is -1.17. The van der Waals surface area contributed by atoms with Gasteiger partial charge in [0.15, 0.2) is 5.60 Å². The zero-order valence-corrected chi connectivity index (χ0v) is 16.0. The molecule has 3 rings (SSSR count). The van der Waals surface area contributed by atoms with Crippen LogP contribution in [0.25, 0.3) is 0 Å². The van der Waals surface area contributed by atoms with Crippen molar-refractivity contribution in [3.63, 3.8) is 0 Å². The summed E-state index contributed by atoms with van der Waals surface area (Å²) >= 11 is 0. The fourth-order valence-corrected chi connectivity index (χ4v) is 3.08. The fourth-order valence-electron chi connectivity index (χ4n) is 3.08. The molecule has 1 aliphatic rings. The molecule has 0 aromatic heterocycles. The second kappa shape index (κ2) is 7.12. The normalized spacial score (nSPS) is 19.3. The standard InChI is InChI=1S/C20H22N4O4/c1-19(2,3)22-21-13-20(26)16-11-15(24(27)28)9-10-17(16)23(18(20)25)12-14-7-5-4-6-8-14/h4-11,26H,12-13H2,1-3H3. The molecule has 1 aliphatic heterocycles. The van der Waals surface area contributed by atoms with Gasteiger partial charge in [-0.2, -0.15) is 10.2 Å². The molecule has 1 N–H and O–H groups in total. The number of aliphatic hydroxyl groups is 1. The van der Waals surface area contributed by atoms with Crippen LogP contribution in [0.1, 0.15) is 31.9 Å². The molecule has 28 heavy (non-hydrogen) atoms. The van der Waals surface area contributed by atoms with E-state index in [0.29, 0.717) is 5.69 Å². The molecular weight excluding hydrogens is 360 g/mol. The van der Waals surface area contributed by atoms with E-state index in [-0.39, 0.29) is 24.3 Å². The van der Waals surface area contributed by atoms with Crippen LogP contribution in [0.4, 0.5) is 11.4 Å². The molecule has 1 atom stereocenters. The van der Waals surface area contributed by atoms with E-state index in [1.54, 1.807) is 0 Å². The van der Waals surface area contributed by atoms with Crippen LogP contribution >= 0.6 is 0 Å². The van der Waals surface area contributed by atoms with Gasteiger partial charge in [-0.05, 0) is 32.4 Å². The number of anilines is 1. The fraction of sp³-hybridized carbons (Fsp3) is 0.350. The molecule has 8 nitrogen and oxygen atoms in total. The number of non-ortho nitro benzene ring substituents is 1. The number of amides is 1. The van der Waals surface area contributed by atoms with Gasteiger partial charge in [-0.3, -0.25) is 14.9 Å². The molecule has 0 saturated carbocycles. The zero-order chi connectivity index (χ0) is 20.5. The van der Waals surface area contributed by atoms with Crippen molar-refractivity contribution in [3.05, 3.63) is 69.8 Å². The summed E-state index contributed by atoms with van der Waals surface area (Å²) in [6.45, 7) is 5.47.